The molecule has 0 bridgehead atoms. The zero-order valence-electron chi connectivity index (χ0n) is 46.3. The van der Waals surface area contributed by atoms with Gasteiger partial charge < -0.3 is 14.4 Å². The van der Waals surface area contributed by atoms with Crippen LogP contribution in [0.25, 0.3) is 27.5 Å². The van der Waals surface area contributed by atoms with Gasteiger partial charge in [-0.25, -0.2) is 0 Å². The Morgan fingerprint density at radius 1 is 0.417 bits per heavy atom. The Bertz CT molecular complexity index is 3500. The van der Waals surface area contributed by atoms with E-state index in [1.54, 1.807) is 0 Å². The summed E-state index contributed by atoms with van der Waals surface area (Å²) in [4.78, 5) is 5.43. The molecule has 0 N–H and O–H groups in total. The number of para-hydroxylation sites is 2. The minimum Gasteiger partial charge on any atom is -0.311 e. The quantitative estimate of drug-likeness (QED) is 0.164. The van der Waals surface area contributed by atoms with Crippen LogP contribution < -0.4 is 26.2 Å². The molecular weight excluding hydrogens is 870 g/mol. The van der Waals surface area contributed by atoms with Crippen molar-refractivity contribution in [3.63, 3.8) is 0 Å². The molecule has 0 atom stereocenters. The third kappa shape index (κ3) is 6.89. The molecule has 0 radical (unpaired) electrons. The Kier molecular flexibility index (Phi) is 9.98. The van der Waals surface area contributed by atoms with Crippen molar-refractivity contribution >= 4 is 79.0 Å². The Balaban J connectivity index is 1.28. The maximum Gasteiger partial charge on any atom is 0.252 e. The Morgan fingerprint density at radius 3 is 1.26 bits per heavy atom. The highest BCUT2D eigenvalue weighted by Gasteiger charge is 2.49. The molecule has 0 saturated carbocycles. The standard InChI is InChI=1S/C68H76BN3/c1-41-33-44(64(6,7)8)34-42(2)62(41)72-58-40-52-50(66(11,12)30-32-68(52,15)16)38-54(58)69-53-37-49-51(67(13,14)31-29-65(49,9)10)39-57(53)70(45-27-25-43(26-28-45)63(3,4)5)59-35-46(36-60(72)61(59)69)71-55-23-19-17-21-47(55)48-22-18-20-24-56(48)71/h17-28,33-40H,29-32H2,1-16H3. The molecule has 0 amide bonds. The van der Waals surface area contributed by atoms with Crippen molar-refractivity contribution in [2.45, 2.75) is 169 Å². The van der Waals surface area contributed by atoms with Gasteiger partial charge in [0.25, 0.3) is 6.71 Å². The topological polar surface area (TPSA) is 11.4 Å². The number of hydrogen-bond donors (Lipinski definition) is 0. The van der Waals surface area contributed by atoms with Crippen molar-refractivity contribution in [3.8, 4) is 5.69 Å². The summed E-state index contributed by atoms with van der Waals surface area (Å²) in [6.07, 6.45) is 4.66. The lowest BCUT2D eigenvalue weighted by Gasteiger charge is -2.49. The number of anilines is 6. The summed E-state index contributed by atoms with van der Waals surface area (Å²) in [7, 11) is 0. The highest BCUT2D eigenvalue weighted by atomic mass is 15.2. The molecule has 4 aliphatic rings. The van der Waals surface area contributed by atoms with Crippen molar-refractivity contribution in [2.24, 2.45) is 0 Å². The number of aryl methyl sites for hydroxylation is 2. The molecule has 4 heteroatoms. The van der Waals surface area contributed by atoms with E-state index in [-0.39, 0.29) is 39.2 Å². The van der Waals surface area contributed by atoms with Crippen LogP contribution in [0.2, 0.25) is 0 Å². The Hall–Kier alpha value is -6.00. The van der Waals surface area contributed by atoms with E-state index < -0.39 is 0 Å². The summed E-state index contributed by atoms with van der Waals surface area (Å²) in [5.74, 6) is 0. The smallest absolute Gasteiger partial charge is 0.252 e. The molecule has 12 rings (SSSR count). The van der Waals surface area contributed by atoms with Gasteiger partial charge in [-0.3, -0.25) is 0 Å². The van der Waals surface area contributed by atoms with Gasteiger partial charge in [0, 0.05) is 39.2 Å². The van der Waals surface area contributed by atoms with E-state index in [2.05, 4.69) is 246 Å². The van der Waals surface area contributed by atoms with Gasteiger partial charge in [-0.05, 0) is 181 Å². The lowest BCUT2D eigenvalue weighted by atomic mass is 9.32. The van der Waals surface area contributed by atoms with E-state index in [1.165, 1.54) is 135 Å². The van der Waals surface area contributed by atoms with Gasteiger partial charge in [-0.2, -0.15) is 0 Å². The minimum absolute atomic E-state index is 0.000266. The molecule has 0 unspecified atom stereocenters. The van der Waals surface area contributed by atoms with Crippen LogP contribution in [0.4, 0.5) is 34.1 Å². The number of nitrogens with zero attached hydrogens (tertiary/aromatic N) is 3. The molecule has 3 nitrogen and oxygen atoms in total. The Labute approximate surface area is 431 Å². The summed E-state index contributed by atoms with van der Waals surface area (Å²) in [6, 6.07) is 48.5. The highest BCUT2D eigenvalue weighted by Crippen LogP contribution is 2.54. The molecule has 366 valence electrons. The van der Waals surface area contributed by atoms with Crippen molar-refractivity contribution in [3.05, 3.63) is 166 Å². The zero-order chi connectivity index (χ0) is 51.0. The molecule has 3 heterocycles. The van der Waals surface area contributed by atoms with E-state index >= 15 is 0 Å². The molecule has 2 aliphatic carbocycles. The third-order valence-electron chi connectivity index (χ3n) is 18.4. The van der Waals surface area contributed by atoms with Crippen LogP contribution in [-0.2, 0) is 32.5 Å². The van der Waals surface area contributed by atoms with Crippen LogP contribution in [-0.4, -0.2) is 11.3 Å². The maximum absolute atomic E-state index is 2.74. The number of benzene rings is 7. The first-order valence-corrected chi connectivity index (χ1v) is 27.1. The normalized spacial score (nSPS) is 18.1. The average Bonchev–Trinajstić information content (AvgIpc) is 3.65. The first-order chi connectivity index (χ1) is 33.8. The van der Waals surface area contributed by atoms with Crippen LogP contribution >= 0.6 is 0 Å². The summed E-state index contributed by atoms with van der Waals surface area (Å²) in [5.41, 5.74) is 27.0. The second kappa shape index (κ2) is 15.3. The molecule has 0 fully saturated rings. The van der Waals surface area contributed by atoms with Gasteiger partial charge >= 0.3 is 0 Å². The van der Waals surface area contributed by atoms with Crippen LogP contribution in [0.5, 0.6) is 0 Å². The van der Waals surface area contributed by atoms with E-state index in [4.69, 9.17) is 0 Å². The van der Waals surface area contributed by atoms with Crippen molar-refractivity contribution in [2.75, 3.05) is 9.80 Å². The van der Waals surface area contributed by atoms with Gasteiger partial charge in [-0.1, -0.05) is 170 Å². The number of rotatable bonds is 3. The predicted molar refractivity (Wildman–Crippen MR) is 312 cm³/mol. The van der Waals surface area contributed by atoms with Gasteiger partial charge in [0.2, 0.25) is 0 Å². The van der Waals surface area contributed by atoms with Gasteiger partial charge in [0.15, 0.2) is 0 Å². The Morgan fingerprint density at radius 2 is 0.819 bits per heavy atom. The summed E-state index contributed by atoms with van der Waals surface area (Å²) >= 11 is 0. The molecule has 2 aliphatic heterocycles. The second-order valence-electron chi connectivity index (χ2n) is 27.3. The molecule has 0 spiro atoms. The first kappa shape index (κ1) is 47.0. The third-order valence-corrected chi connectivity index (χ3v) is 18.4. The average molecular weight is 946 g/mol. The largest absolute Gasteiger partial charge is 0.311 e. The van der Waals surface area contributed by atoms with E-state index in [0.717, 1.165) is 12.8 Å². The van der Waals surface area contributed by atoms with Crippen LogP contribution in [0, 0.1) is 13.8 Å². The lowest BCUT2D eigenvalue weighted by Crippen LogP contribution is -2.62. The lowest BCUT2D eigenvalue weighted by molar-refractivity contribution is 0.332. The molecule has 7 aromatic carbocycles. The van der Waals surface area contributed by atoms with Crippen molar-refractivity contribution in [1.82, 2.24) is 4.57 Å². The predicted octanol–water partition coefficient (Wildman–Crippen LogP) is 16.8. The highest BCUT2D eigenvalue weighted by molar-refractivity contribution is 7.00. The molecular formula is C68H76BN3. The fourth-order valence-electron chi connectivity index (χ4n) is 13.8. The maximum atomic E-state index is 2.74. The van der Waals surface area contributed by atoms with Crippen molar-refractivity contribution in [1.29, 1.82) is 0 Å². The number of aromatic nitrogens is 1. The van der Waals surface area contributed by atoms with Crippen molar-refractivity contribution < 1.29 is 0 Å². The fraction of sp³-hybridized carbons (Fsp3) is 0.382. The van der Waals surface area contributed by atoms with Crippen LogP contribution in [0.15, 0.2) is 121 Å². The second-order valence-corrected chi connectivity index (χ2v) is 27.3. The minimum atomic E-state index is 0.000266. The van der Waals surface area contributed by atoms with E-state index in [1.807, 2.05) is 0 Å². The summed E-state index contributed by atoms with van der Waals surface area (Å²) < 4.78 is 2.56. The van der Waals surface area contributed by atoms with Crippen LogP contribution in [0.1, 0.15) is 167 Å². The SMILES string of the molecule is Cc1cc(C(C)(C)C)cc(C)c1N1c2cc3c(cc2B2c4cc5c(cc4N(c4ccc(C(C)(C)C)cc4)c4cc(-n6c7ccccc7c7ccccc76)cc1c42)C(C)(C)CCC5(C)C)C(C)(C)CCC3(C)C. The number of fused-ring (bicyclic) bond motifs is 9. The first-order valence-electron chi connectivity index (χ1n) is 27.1. The van der Waals surface area contributed by atoms with E-state index in [9.17, 15) is 0 Å². The monoisotopic (exact) mass is 946 g/mol. The summed E-state index contributed by atoms with van der Waals surface area (Å²) in [6.45, 7) is 38.8. The van der Waals surface area contributed by atoms with Gasteiger partial charge in [0.05, 0.1) is 22.4 Å². The van der Waals surface area contributed by atoms with E-state index in [0.29, 0.717) is 0 Å². The molecule has 1 aromatic heterocycles. The molecule has 72 heavy (non-hydrogen) atoms. The summed E-state index contributed by atoms with van der Waals surface area (Å²) in [5, 5.41) is 2.55. The molecule has 0 saturated heterocycles. The van der Waals surface area contributed by atoms with Gasteiger partial charge in [-0.15, -0.1) is 0 Å². The van der Waals surface area contributed by atoms with Crippen LogP contribution in [0.3, 0.4) is 0 Å². The molecule has 8 aromatic rings. The van der Waals surface area contributed by atoms with Gasteiger partial charge in [0.1, 0.15) is 0 Å². The fourth-order valence-corrected chi connectivity index (χ4v) is 13.8. The number of hydrogen-bond acceptors (Lipinski definition) is 2. The zero-order valence-corrected chi connectivity index (χ0v) is 46.3.